The van der Waals surface area contributed by atoms with Crippen LogP contribution in [0, 0.1) is 24.7 Å². The maximum atomic E-state index is 14.7. The molecule has 3 N–H and O–H groups in total. The molecule has 0 aliphatic carbocycles. The van der Waals surface area contributed by atoms with E-state index in [1.165, 1.54) is 4.90 Å². The SMILES string of the molecule is Cc1cccc(Cl)c1NC(=O)C1N([C@@H](CO)Cc2ccccc2)C(=O)[C@@H]2[C@@H](C(=O)NCc3ccccc3)[C@]3(C)OC12CC3C. The summed E-state index contributed by atoms with van der Waals surface area (Å²) in [6.07, 6.45) is 0.750. The second-order valence-corrected chi connectivity index (χ2v) is 13.0. The first-order valence-corrected chi connectivity index (χ1v) is 15.5. The third-order valence-corrected chi connectivity index (χ3v) is 10.3. The summed E-state index contributed by atoms with van der Waals surface area (Å²) in [5, 5.41) is 17.1. The number of carbonyl (C=O) groups excluding carboxylic acids is 3. The zero-order valence-corrected chi connectivity index (χ0v) is 25.9. The van der Waals surface area contributed by atoms with Crippen LogP contribution in [0.25, 0.3) is 0 Å². The van der Waals surface area contributed by atoms with Gasteiger partial charge in [-0.3, -0.25) is 14.4 Å². The third kappa shape index (κ3) is 4.89. The van der Waals surface area contributed by atoms with Gasteiger partial charge in [-0.2, -0.15) is 0 Å². The number of likely N-dealkylation sites (tertiary alicyclic amines) is 1. The van der Waals surface area contributed by atoms with Crippen molar-refractivity contribution in [1.29, 1.82) is 0 Å². The highest BCUT2D eigenvalue weighted by atomic mass is 35.5. The van der Waals surface area contributed by atoms with E-state index in [0.717, 1.165) is 16.7 Å². The summed E-state index contributed by atoms with van der Waals surface area (Å²) in [6.45, 7) is 5.68. The van der Waals surface area contributed by atoms with Crippen LogP contribution < -0.4 is 10.6 Å². The monoisotopic (exact) mass is 615 g/mol. The molecule has 230 valence electrons. The predicted octanol–water partition coefficient (Wildman–Crippen LogP) is 4.52. The number of nitrogens with zero attached hydrogens (tertiary/aromatic N) is 1. The molecule has 3 aliphatic heterocycles. The van der Waals surface area contributed by atoms with Crippen molar-refractivity contribution in [2.45, 2.75) is 63.4 Å². The van der Waals surface area contributed by atoms with Crippen LogP contribution in [0.5, 0.6) is 0 Å². The van der Waals surface area contributed by atoms with Crippen molar-refractivity contribution in [1.82, 2.24) is 10.2 Å². The average Bonchev–Trinajstić information content (AvgIpc) is 3.54. The molecule has 7 atom stereocenters. The van der Waals surface area contributed by atoms with E-state index < -0.39 is 41.0 Å². The molecule has 3 aromatic rings. The number of aliphatic hydroxyl groups excluding tert-OH is 1. The fourth-order valence-corrected chi connectivity index (χ4v) is 8.05. The van der Waals surface area contributed by atoms with E-state index in [9.17, 15) is 19.5 Å². The fraction of sp³-hybridized carbons (Fsp3) is 0.400. The fourth-order valence-electron chi connectivity index (χ4n) is 7.78. The minimum Gasteiger partial charge on any atom is -0.394 e. The molecule has 3 unspecified atom stereocenters. The number of amides is 3. The second kappa shape index (κ2) is 11.7. The second-order valence-electron chi connectivity index (χ2n) is 12.6. The lowest BCUT2D eigenvalue weighted by Gasteiger charge is -2.37. The molecule has 3 saturated heterocycles. The highest BCUT2D eigenvalue weighted by Gasteiger charge is 2.80. The predicted molar refractivity (Wildman–Crippen MR) is 168 cm³/mol. The van der Waals surface area contributed by atoms with Crippen molar-refractivity contribution < 1.29 is 24.2 Å². The summed E-state index contributed by atoms with van der Waals surface area (Å²) in [6, 6.07) is 22.7. The van der Waals surface area contributed by atoms with E-state index in [4.69, 9.17) is 16.3 Å². The van der Waals surface area contributed by atoms with E-state index in [2.05, 4.69) is 10.6 Å². The van der Waals surface area contributed by atoms with E-state index >= 15 is 0 Å². The van der Waals surface area contributed by atoms with Gasteiger partial charge in [-0.1, -0.05) is 91.3 Å². The molecule has 0 radical (unpaired) electrons. The summed E-state index contributed by atoms with van der Waals surface area (Å²) in [5.74, 6) is -2.92. The number of halogens is 1. The first-order chi connectivity index (χ1) is 21.1. The van der Waals surface area contributed by atoms with Crippen LogP contribution >= 0.6 is 11.6 Å². The van der Waals surface area contributed by atoms with Crippen molar-refractivity contribution in [3.63, 3.8) is 0 Å². The lowest BCUT2D eigenvalue weighted by Crippen LogP contribution is -2.57. The maximum absolute atomic E-state index is 14.7. The van der Waals surface area contributed by atoms with Crippen LogP contribution in [-0.2, 0) is 32.1 Å². The van der Waals surface area contributed by atoms with Crippen LogP contribution in [0.15, 0.2) is 78.9 Å². The molecule has 3 aromatic carbocycles. The smallest absolute Gasteiger partial charge is 0.250 e. The molecule has 9 heteroatoms. The van der Waals surface area contributed by atoms with Crippen molar-refractivity contribution in [2.75, 3.05) is 11.9 Å². The standard InChI is InChI=1S/C35H38ClN3O5/c1-21-11-10-16-26(36)29(21)38-32(42)30-35-18-22(2)34(3,44-35)27(31(41)37-19-24-14-8-5-9-15-24)28(35)33(43)39(30)25(20-40)17-23-12-6-4-7-13-23/h4-16,22,25,27-28,30,40H,17-20H2,1-3H3,(H,37,41)(H,38,42)/t22?,25-,27+,28+,30?,34-,35?/m1/s1. The first kappa shape index (κ1) is 30.3. The number of benzene rings is 3. The van der Waals surface area contributed by atoms with Crippen LogP contribution in [0.1, 0.15) is 37.0 Å². The Morgan fingerprint density at radius 2 is 1.68 bits per heavy atom. The number of aliphatic hydroxyl groups is 1. The van der Waals surface area contributed by atoms with Crippen molar-refractivity contribution >= 4 is 35.0 Å². The molecule has 44 heavy (non-hydrogen) atoms. The summed E-state index contributed by atoms with van der Waals surface area (Å²) in [4.78, 5) is 44.6. The molecule has 0 aromatic heterocycles. The topological polar surface area (TPSA) is 108 Å². The normalized spacial score (nSPS) is 29.4. The first-order valence-electron chi connectivity index (χ1n) is 15.2. The summed E-state index contributed by atoms with van der Waals surface area (Å²) in [7, 11) is 0. The molecule has 6 rings (SSSR count). The van der Waals surface area contributed by atoms with Crippen molar-refractivity contribution in [2.24, 2.45) is 17.8 Å². The number of hydrogen-bond donors (Lipinski definition) is 3. The van der Waals surface area contributed by atoms with E-state index in [0.29, 0.717) is 30.1 Å². The molecule has 0 saturated carbocycles. The van der Waals surface area contributed by atoms with Gasteiger partial charge in [0.1, 0.15) is 11.6 Å². The van der Waals surface area contributed by atoms with Crippen molar-refractivity contribution in [3.05, 3.63) is 101 Å². The number of aryl methyl sites for hydroxylation is 1. The molecular weight excluding hydrogens is 578 g/mol. The zero-order valence-electron chi connectivity index (χ0n) is 25.1. The molecular formula is C35H38ClN3O5. The van der Waals surface area contributed by atoms with E-state index in [1.807, 2.05) is 87.5 Å². The van der Waals surface area contributed by atoms with Gasteiger partial charge in [0.05, 0.1) is 40.8 Å². The Bertz CT molecular complexity index is 1550. The van der Waals surface area contributed by atoms with Gasteiger partial charge < -0.3 is 25.4 Å². The Balaban J connectivity index is 1.40. The average molecular weight is 616 g/mol. The molecule has 3 fully saturated rings. The lowest BCUT2D eigenvalue weighted by atomic mass is 9.62. The van der Waals surface area contributed by atoms with Gasteiger partial charge in [-0.05, 0) is 55.4 Å². The van der Waals surface area contributed by atoms with Gasteiger partial charge in [0.15, 0.2) is 0 Å². The largest absolute Gasteiger partial charge is 0.394 e. The van der Waals surface area contributed by atoms with E-state index in [-0.39, 0.29) is 24.3 Å². The van der Waals surface area contributed by atoms with Gasteiger partial charge >= 0.3 is 0 Å². The number of anilines is 1. The summed E-state index contributed by atoms with van der Waals surface area (Å²) >= 11 is 6.51. The Kier molecular flexibility index (Phi) is 8.03. The quantitative estimate of drug-likeness (QED) is 0.328. The van der Waals surface area contributed by atoms with Crippen LogP contribution in [0.2, 0.25) is 5.02 Å². The zero-order chi connectivity index (χ0) is 31.2. The van der Waals surface area contributed by atoms with Gasteiger partial charge in [-0.25, -0.2) is 0 Å². The number of para-hydroxylation sites is 1. The Morgan fingerprint density at radius 1 is 1.02 bits per heavy atom. The van der Waals surface area contributed by atoms with Crippen LogP contribution in [-0.4, -0.2) is 57.6 Å². The van der Waals surface area contributed by atoms with Crippen LogP contribution in [0.3, 0.4) is 0 Å². The summed E-state index contributed by atoms with van der Waals surface area (Å²) < 4.78 is 6.85. The van der Waals surface area contributed by atoms with E-state index in [1.54, 1.807) is 12.1 Å². The number of hydrogen-bond acceptors (Lipinski definition) is 5. The minimum absolute atomic E-state index is 0.113. The molecule has 3 amide bonds. The van der Waals surface area contributed by atoms with Gasteiger partial charge in [-0.15, -0.1) is 0 Å². The minimum atomic E-state index is -1.26. The Hall–Kier alpha value is -3.72. The van der Waals surface area contributed by atoms with Gasteiger partial charge in [0, 0.05) is 6.54 Å². The number of carbonyl (C=O) groups is 3. The molecule has 8 nitrogen and oxygen atoms in total. The molecule has 3 heterocycles. The Labute approximate surface area is 262 Å². The third-order valence-electron chi connectivity index (χ3n) is 9.98. The summed E-state index contributed by atoms with van der Waals surface area (Å²) in [5.41, 5.74) is 0.863. The Morgan fingerprint density at radius 3 is 2.32 bits per heavy atom. The molecule has 2 bridgehead atoms. The number of nitrogens with one attached hydrogen (secondary N) is 2. The van der Waals surface area contributed by atoms with Crippen molar-refractivity contribution in [3.8, 4) is 0 Å². The number of rotatable bonds is 9. The molecule has 3 aliphatic rings. The molecule has 1 spiro atoms. The number of fused-ring (bicyclic) bond motifs is 1. The van der Waals surface area contributed by atoms with Crippen LogP contribution in [0.4, 0.5) is 5.69 Å². The lowest BCUT2D eigenvalue weighted by molar-refractivity contribution is -0.149. The van der Waals surface area contributed by atoms with Gasteiger partial charge in [0.25, 0.3) is 0 Å². The highest BCUT2D eigenvalue weighted by Crippen LogP contribution is 2.65. The van der Waals surface area contributed by atoms with Gasteiger partial charge in [0.2, 0.25) is 17.7 Å². The maximum Gasteiger partial charge on any atom is 0.250 e. The number of ether oxygens (including phenoxy) is 1. The highest BCUT2D eigenvalue weighted by molar-refractivity contribution is 6.34.